The Morgan fingerprint density at radius 3 is 1.36 bits per heavy atom. The van der Waals surface area contributed by atoms with E-state index >= 15 is 0 Å². The van der Waals surface area contributed by atoms with Gasteiger partial charge in [0, 0.05) is 36.3 Å². The van der Waals surface area contributed by atoms with Crippen LogP contribution in [0.1, 0.15) is 48.2 Å². The molecule has 0 saturated carbocycles. The lowest BCUT2D eigenvalue weighted by molar-refractivity contribution is 0.438. The molecule has 0 aliphatic rings. The number of nitrogens with one attached hydrogen (secondary N) is 2. The molecule has 4 nitrogen and oxygen atoms in total. The maximum absolute atomic E-state index is 10.4. The Morgan fingerprint density at radius 1 is 0.643 bits per heavy atom. The van der Waals surface area contributed by atoms with Gasteiger partial charge in [-0.1, -0.05) is 60.7 Å². The van der Waals surface area contributed by atoms with E-state index in [-0.39, 0.29) is 23.6 Å². The molecular weight excluding hydrogens is 348 g/mol. The molecule has 4 heteroatoms. The summed E-state index contributed by atoms with van der Waals surface area (Å²) in [5, 5.41) is 27.6. The molecule has 0 spiro atoms. The Morgan fingerprint density at radius 2 is 1.00 bits per heavy atom. The quantitative estimate of drug-likeness (QED) is 0.427. The highest BCUT2D eigenvalue weighted by molar-refractivity contribution is 5.45. The van der Waals surface area contributed by atoms with Gasteiger partial charge in [-0.15, -0.1) is 0 Å². The van der Waals surface area contributed by atoms with E-state index in [1.165, 1.54) is 11.1 Å². The zero-order valence-corrected chi connectivity index (χ0v) is 16.4. The molecule has 0 fully saturated rings. The van der Waals surface area contributed by atoms with Crippen molar-refractivity contribution >= 4 is 0 Å². The van der Waals surface area contributed by atoms with Crippen molar-refractivity contribution < 1.29 is 10.2 Å². The molecule has 2 atom stereocenters. The summed E-state index contributed by atoms with van der Waals surface area (Å²) in [7, 11) is 0. The predicted molar refractivity (Wildman–Crippen MR) is 113 cm³/mol. The molecular formula is C24H28N2O2. The van der Waals surface area contributed by atoms with Crippen molar-refractivity contribution in [3.8, 4) is 11.5 Å². The van der Waals surface area contributed by atoms with Crippen LogP contribution in [0.2, 0.25) is 0 Å². The number of phenolic OH excluding ortho intramolecular Hbond substituents is 2. The second-order valence-corrected chi connectivity index (χ2v) is 7.14. The summed E-state index contributed by atoms with van der Waals surface area (Å²) < 4.78 is 0. The third kappa shape index (κ3) is 5.12. The zero-order chi connectivity index (χ0) is 19.9. The fraction of sp³-hybridized carbons (Fsp3) is 0.250. The van der Waals surface area contributed by atoms with Crippen molar-refractivity contribution in [1.29, 1.82) is 0 Å². The molecule has 3 rings (SSSR count). The molecule has 0 radical (unpaired) electrons. The van der Waals surface area contributed by atoms with Gasteiger partial charge in [0.25, 0.3) is 0 Å². The average Bonchev–Trinajstić information content (AvgIpc) is 2.73. The predicted octanol–water partition coefficient (Wildman–Crippen LogP) is 4.80. The summed E-state index contributed by atoms with van der Waals surface area (Å²) in [6, 6.07) is 23.9. The second kappa shape index (κ2) is 9.40. The van der Waals surface area contributed by atoms with Crippen LogP contribution in [-0.4, -0.2) is 10.2 Å². The molecule has 0 aliphatic carbocycles. The van der Waals surface area contributed by atoms with Gasteiger partial charge in [0.15, 0.2) is 0 Å². The van der Waals surface area contributed by atoms with Crippen molar-refractivity contribution in [2.45, 2.75) is 39.0 Å². The van der Waals surface area contributed by atoms with Gasteiger partial charge in [0.2, 0.25) is 0 Å². The van der Waals surface area contributed by atoms with Gasteiger partial charge in [-0.2, -0.15) is 0 Å². The van der Waals surface area contributed by atoms with Crippen LogP contribution in [0.5, 0.6) is 11.5 Å². The van der Waals surface area contributed by atoms with E-state index in [0.717, 1.165) is 0 Å². The van der Waals surface area contributed by atoms with Crippen molar-refractivity contribution in [3.05, 3.63) is 95.1 Å². The SMILES string of the molecule is C[C@H](NCc1cc(O)c(CN[C@@H](C)c2ccccc2)cc1O)c1ccccc1. The number of phenols is 2. The summed E-state index contributed by atoms with van der Waals surface area (Å²) in [5.41, 5.74) is 3.73. The number of hydrogen-bond donors (Lipinski definition) is 4. The number of rotatable bonds is 8. The van der Waals surface area contributed by atoms with Gasteiger partial charge >= 0.3 is 0 Å². The molecule has 4 N–H and O–H groups in total. The summed E-state index contributed by atoms with van der Waals surface area (Å²) >= 11 is 0. The maximum atomic E-state index is 10.4. The molecule has 0 aromatic heterocycles. The average molecular weight is 377 g/mol. The maximum Gasteiger partial charge on any atom is 0.120 e. The minimum atomic E-state index is 0.149. The highest BCUT2D eigenvalue weighted by Gasteiger charge is 2.12. The molecule has 28 heavy (non-hydrogen) atoms. The lowest BCUT2D eigenvalue weighted by Gasteiger charge is -2.17. The fourth-order valence-corrected chi connectivity index (χ4v) is 3.19. The topological polar surface area (TPSA) is 64.5 Å². The van der Waals surface area contributed by atoms with Gasteiger partial charge in [0.1, 0.15) is 11.5 Å². The summed E-state index contributed by atoms with van der Waals surface area (Å²) in [4.78, 5) is 0. The third-order valence-corrected chi connectivity index (χ3v) is 5.08. The third-order valence-electron chi connectivity index (χ3n) is 5.08. The van der Waals surface area contributed by atoms with Crippen LogP contribution in [0.25, 0.3) is 0 Å². The van der Waals surface area contributed by atoms with E-state index in [4.69, 9.17) is 0 Å². The molecule has 0 unspecified atom stereocenters. The van der Waals surface area contributed by atoms with Gasteiger partial charge < -0.3 is 20.8 Å². The first-order chi connectivity index (χ1) is 13.5. The Hall–Kier alpha value is -2.82. The molecule has 0 saturated heterocycles. The second-order valence-electron chi connectivity index (χ2n) is 7.14. The van der Waals surface area contributed by atoms with Crippen LogP contribution < -0.4 is 10.6 Å². The van der Waals surface area contributed by atoms with Crippen LogP contribution in [0.15, 0.2) is 72.8 Å². The van der Waals surface area contributed by atoms with Crippen LogP contribution >= 0.6 is 0 Å². The van der Waals surface area contributed by atoms with Crippen molar-refractivity contribution in [3.63, 3.8) is 0 Å². The standard InChI is InChI=1S/C24H28N2O2/c1-17(19-9-5-3-6-10-19)25-15-21-13-24(28)22(14-23(21)27)16-26-18(2)20-11-7-4-8-12-20/h3-14,17-18,25-28H,15-16H2,1-2H3/t17-,18-/m0/s1. The van der Waals surface area contributed by atoms with Gasteiger partial charge in [-0.25, -0.2) is 0 Å². The molecule has 3 aromatic carbocycles. The van der Waals surface area contributed by atoms with Crippen molar-refractivity contribution in [1.82, 2.24) is 10.6 Å². The Balaban J connectivity index is 1.61. The summed E-state index contributed by atoms with van der Waals surface area (Å²) in [5.74, 6) is 0.379. The van der Waals surface area contributed by atoms with E-state index < -0.39 is 0 Å². The Bertz CT molecular complexity index is 807. The molecule has 0 amide bonds. The summed E-state index contributed by atoms with van der Waals surface area (Å²) in [6.07, 6.45) is 0. The number of hydrogen-bond acceptors (Lipinski definition) is 4. The van der Waals surface area contributed by atoms with Gasteiger partial charge in [-0.3, -0.25) is 0 Å². The van der Waals surface area contributed by atoms with Crippen molar-refractivity contribution in [2.75, 3.05) is 0 Å². The van der Waals surface area contributed by atoms with Gasteiger partial charge in [-0.05, 0) is 37.1 Å². The largest absolute Gasteiger partial charge is 0.508 e. The number of benzene rings is 3. The number of aromatic hydroxyl groups is 2. The zero-order valence-electron chi connectivity index (χ0n) is 16.4. The van der Waals surface area contributed by atoms with Crippen LogP contribution in [0.3, 0.4) is 0 Å². The summed E-state index contributed by atoms with van der Waals surface area (Å²) in [6.45, 7) is 5.11. The fourth-order valence-electron chi connectivity index (χ4n) is 3.19. The molecule has 0 bridgehead atoms. The lowest BCUT2D eigenvalue weighted by atomic mass is 10.1. The van der Waals surface area contributed by atoms with Crippen LogP contribution in [-0.2, 0) is 13.1 Å². The molecule has 146 valence electrons. The lowest BCUT2D eigenvalue weighted by Crippen LogP contribution is -2.19. The monoisotopic (exact) mass is 376 g/mol. The first kappa shape index (κ1) is 19.9. The van der Waals surface area contributed by atoms with E-state index in [2.05, 4.69) is 48.7 Å². The van der Waals surface area contributed by atoms with E-state index in [9.17, 15) is 10.2 Å². The minimum Gasteiger partial charge on any atom is -0.508 e. The highest BCUT2D eigenvalue weighted by atomic mass is 16.3. The Labute approximate surface area is 166 Å². The van der Waals surface area contributed by atoms with Gasteiger partial charge in [0.05, 0.1) is 0 Å². The Kier molecular flexibility index (Phi) is 6.69. The highest BCUT2D eigenvalue weighted by Crippen LogP contribution is 2.28. The first-order valence-electron chi connectivity index (χ1n) is 9.65. The van der Waals surface area contributed by atoms with Crippen LogP contribution in [0.4, 0.5) is 0 Å². The van der Waals surface area contributed by atoms with E-state index in [1.54, 1.807) is 12.1 Å². The van der Waals surface area contributed by atoms with E-state index in [0.29, 0.717) is 24.2 Å². The molecule has 3 aromatic rings. The van der Waals surface area contributed by atoms with E-state index in [1.807, 2.05) is 36.4 Å². The van der Waals surface area contributed by atoms with Crippen LogP contribution in [0, 0.1) is 0 Å². The smallest absolute Gasteiger partial charge is 0.120 e. The normalized spacial score (nSPS) is 13.2. The minimum absolute atomic E-state index is 0.149. The first-order valence-corrected chi connectivity index (χ1v) is 9.65. The molecule has 0 aliphatic heterocycles. The molecule has 0 heterocycles. The van der Waals surface area contributed by atoms with Crippen molar-refractivity contribution in [2.24, 2.45) is 0 Å².